The van der Waals surface area contributed by atoms with Gasteiger partial charge in [0.1, 0.15) is 12.1 Å². The molecule has 0 aliphatic carbocycles. The quantitative estimate of drug-likeness (QED) is 0.559. The zero-order valence-electron chi connectivity index (χ0n) is 5.20. The van der Waals surface area contributed by atoms with Crippen molar-refractivity contribution in [1.82, 2.24) is 0 Å². The van der Waals surface area contributed by atoms with E-state index in [1.165, 1.54) is 0 Å². The topological polar surface area (TPSA) is 0 Å². The fourth-order valence-electron chi connectivity index (χ4n) is 0.511. The Morgan fingerprint density at radius 2 is 1.10 bits per heavy atom. The minimum absolute atomic E-state index is 0.697. The molecule has 0 aliphatic rings. The van der Waals surface area contributed by atoms with Gasteiger partial charge in [0.15, 0.2) is 0 Å². The standard InChI is InChI=1S/C5H7F5/c1-2(6)3(4(7)8)5(9)10/h2-5H,1H3. The molecule has 0 aromatic heterocycles. The van der Waals surface area contributed by atoms with Gasteiger partial charge in [-0.3, -0.25) is 0 Å². The van der Waals surface area contributed by atoms with Gasteiger partial charge in [-0.2, -0.15) is 0 Å². The fraction of sp³-hybridized carbons (Fsp3) is 1.00. The van der Waals surface area contributed by atoms with Crippen LogP contribution in [0.5, 0.6) is 0 Å². The third-order valence-corrected chi connectivity index (χ3v) is 1.11. The van der Waals surface area contributed by atoms with Gasteiger partial charge in [-0.15, -0.1) is 0 Å². The Hall–Kier alpha value is -0.350. The molecule has 0 aliphatic heterocycles. The molecular weight excluding hydrogens is 155 g/mol. The molecule has 0 nitrogen and oxygen atoms in total. The molecule has 62 valence electrons. The summed E-state index contributed by atoms with van der Waals surface area (Å²) >= 11 is 0. The average Bonchev–Trinajstić information content (AvgIpc) is 1.59. The van der Waals surface area contributed by atoms with Crippen molar-refractivity contribution in [3.63, 3.8) is 0 Å². The molecule has 0 aromatic carbocycles. The lowest BCUT2D eigenvalue weighted by atomic mass is 10.1. The molecule has 10 heavy (non-hydrogen) atoms. The van der Waals surface area contributed by atoms with Crippen molar-refractivity contribution in [3.8, 4) is 0 Å². The van der Waals surface area contributed by atoms with Gasteiger partial charge in [0.25, 0.3) is 0 Å². The zero-order valence-corrected chi connectivity index (χ0v) is 5.20. The molecular formula is C5H7F5. The lowest BCUT2D eigenvalue weighted by molar-refractivity contribution is -0.0594. The highest BCUT2D eigenvalue weighted by Gasteiger charge is 2.35. The molecule has 0 saturated heterocycles. The largest absolute Gasteiger partial charge is 0.249 e. The van der Waals surface area contributed by atoms with Crippen LogP contribution < -0.4 is 0 Å². The minimum atomic E-state index is -3.29. The maximum atomic E-state index is 11.9. The first-order chi connectivity index (χ1) is 4.46. The first-order valence-corrected chi connectivity index (χ1v) is 2.67. The smallest absolute Gasteiger partial charge is 0.247 e. The van der Waals surface area contributed by atoms with E-state index in [2.05, 4.69) is 0 Å². The average molecular weight is 162 g/mol. The van der Waals surface area contributed by atoms with E-state index in [-0.39, 0.29) is 0 Å². The van der Waals surface area contributed by atoms with E-state index in [1.807, 2.05) is 0 Å². The predicted octanol–water partition coefficient (Wildman–Crippen LogP) is 2.49. The lowest BCUT2D eigenvalue weighted by Gasteiger charge is -2.15. The molecule has 0 rings (SSSR count). The Kier molecular flexibility index (Phi) is 3.60. The zero-order chi connectivity index (χ0) is 8.31. The minimum Gasteiger partial charge on any atom is -0.247 e. The van der Waals surface area contributed by atoms with Gasteiger partial charge in [0, 0.05) is 0 Å². The second-order valence-electron chi connectivity index (χ2n) is 1.92. The summed E-state index contributed by atoms with van der Waals surface area (Å²) < 4.78 is 57.8. The van der Waals surface area contributed by atoms with Crippen LogP contribution in [0, 0.1) is 5.92 Å². The number of alkyl halides is 5. The molecule has 0 bridgehead atoms. The van der Waals surface area contributed by atoms with E-state index >= 15 is 0 Å². The van der Waals surface area contributed by atoms with Crippen LogP contribution in [0.4, 0.5) is 22.0 Å². The van der Waals surface area contributed by atoms with E-state index in [0.717, 1.165) is 0 Å². The van der Waals surface area contributed by atoms with E-state index in [4.69, 9.17) is 0 Å². The van der Waals surface area contributed by atoms with Gasteiger partial charge in [0.2, 0.25) is 12.9 Å². The van der Waals surface area contributed by atoms with Crippen LogP contribution in [0.25, 0.3) is 0 Å². The third kappa shape index (κ3) is 2.49. The Balaban J connectivity index is 3.98. The van der Waals surface area contributed by atoms with Crippen molar-refractivity contribution >= 4 is 0 Å². The molecule has 0 fully saturated rings. The molecule has 1 atom stereocenters. The summed E-state index contributed by atoms with van der Waals surface area (Å²) in [6.07, 6.45) is -8.75. The number of rotatable bonds is 3. The van der Waals surface area contributed by atoms with Crippen LogP contribution >= 0.6 is 0 Å². The Labute approximate surface area is 55.0 Å². The molecule has 0 amide bonds. The highest BCUT2D eigenvalue weighted by atomic mass is 19.3. The van der Waals surface area contributed by atoms with Crippen LogP contribution in [-0.4, -0.2) is 19.0 Å². The highest BCUT2D eigenvalue weighted by Crippen LogP contribution is 2.23. The van der Waals surface area contributed by atoms with Gasteiger partial charge in [-0.25, -0.2) is 22.0 Å². The van der Waals surface area contributed by atoms with Gasteiger partial charge < -0.3 is 0 Å². The van der Waals surface area contributed by atoms with Crippen LogP contribution in [0.2, 0.25) is 0 Å². The van der Waals surface area contributed by atoms with Crippen LogP contribution in [0.15, 0.2) is 0 Å². The van der Waals surface area contributed by atoms with Gasteiger partial charge in [-0.05, 0) is 6.92 Å². The monoisotopic (exact) mass is 162 g/mol. The number of hydrogen-bond donors (Lipinski definition) is 0. The maximum Gasteiger partial charge on any atom is 0.249 e. The summed E-state index contributed by atoms with van der Waals surface area (Å²) in [5.41, 5.74) is 0. The van der Waals surface area contributed by atoms with Crippen LogP contribution in [0.3, 0.4) is 0 Å². The summed E-state index contributed by atoms with van der Waals surface area (Å²) in [6.45, 7) is 0.697. The van der Waals surface area contributed by atoms with E-state index in [0.29, 0.717) is 6.92 Å². The SMILES string of the molecule is CC(F)C(C(F)F)C(F)F. The van der Waals surface area contributed by atoms with Crippen molar-refractivity contribution < 1.29 is 22.0 Å². The highest BCUT2D eigenvalue weighted by molar-refractivity contribution is 4.69. The van der Waals surface area contributed by atoms with E-state index in [9.17, 15) is 22.0 Å². The summed E-state index contributed by atoms with van der Waals surface area (Å²) in [6, 6.07) is 0. The molecule has 0 radical (unpaired) electrons. The molecule has 0 spiro atoms. The predicted molar refractivity (Wildman–Crippen MR) is 26.1 cm³/mol. The number of halogens is 5. The molecule has 0 aromatic rings. The maximum absolute atomic E-state index is 11.9. The number of hydrogen-bond acceptors (Lipinski definition) is 0. The second-order valence-corrected chi connectivity index (χ2v) is 1.92. The normalized spacial score (nSPS) is 15.3. The van der Waals surface area contributed by atoms with E-state index in [1.54, 1.807) is 0 Å². The summed E-state index contributed by atoms with van der Waals surface area (Å²) in [7, 11) is 0. The Morgan fingerprint density at radius 3 is 1.10 bits per heavy atom. The molecule has 0 N–H and O–H groups in total. The van der Waals surface area contributed by atoms with Crippen molar-refractivity contribution in [2.24, 2.45) is 5.92 Å². The van der Waals surface area contributed by atoms with Crippen molar-refractivity contribution in [3.05, 3.63) is 0 Å². The molecule has 1 unspecified atom stereocenters. The van der Waals surface area contributed by atoms with Crippen LogP contribution in [0.1, 0.15) is 6.92 Å². The fourth-order valence-corrected chi connectivity index (χ4v) is 0.511. The first kappa shape index (κ1) is 9.65. The van der Waals surface area contributed by atoms with Crippen LogP contribution in [-0.2, 0) is 0 Å². The van der Waals surface area contributed by atoms with E-state index < -0.39 is 24.9 Å². The molecule has 0 heterocycles. The molecule has 0 saturated carbocycles. The Morgan fingerprint density at radius 1 is 0.800 bits per heavy atom. The van der Waals surface area contributed by atoms with Gasteiger partial charge in [0.05, 0.1) is 0 Å². The summed E-state index contributed by atoms with van der Waals surface area (Å²) in [5.74, 6) is -2.44. The molecule has 5 heteroatoms. The van der Waals surface area contributed by atoms with Crippen molar-refractivity contribution in [2.45, 2.75) is 25.9 Å². The van der Waals surface area contributed by atoms with Crippen molar-refractivity contribution in [1.29, 1.82) is 0 Å². The lowest BCUT2D eigenvalue weighted by Crippen LogP contribution is -2.28. The van der Waals surface area contributed by atoms with Crippen molar-refractivity contribution in [2.75, 3.05) is 0 Å². The van der Waals surface area contributed by atoms with Gasteiger partial charge in [-0.1, -0.05) is 0 Å². The summed E-state index contributed by atoms with van der Waals surface area (Å²) in [5, 5.41) is 0. The third-order valence-electron chi connectivity index (χ3n) is 1.11. The Bertz CT molecular complexity index is 71.0. The second kappa shape index (κ2) is 3.73. The first-order valence-electron chi connectivity index (χ1n) is 2.67. The van der Waals surface area contributed by atoms with Gasteiger partial charge >= 0.3 is 0 Å². The summed E-state index contributed by atoms with van der Waals surface area (Å²) in [4.78, 5) is 0.